The standard InChI is InChI=1S/C24H20N4O2S/c1-16-20(19-9-3-4-10-21(19)26-16)14-25-28-22(23-11-6-12-30-23)15-31-24(28)27-17-7-5-8-18(13-17)29-2/h3-15,26H,1-2H3. The minimum absolute atomic E-state index is 0.730. The van der Waals surface area contributed by atoms with E-state index >= 15 is 0 Å². The Kier molecular flexibility index (Phi) is 5.01. The van der Waals surface area contributed by atoms with Gasteiger partial charge >= 0.3 is 0 Å². The van der Waals surface area contributed by atoms with Crippen LogP contribution < -0.4 is 9.54 Å². The van der Waals surface area contributed by atoms with Crippen molar-refractivity contribution in [3.8, 4) is 17.2 Å². The summed E-state index contributed by atoms with van der Waals surface area (Å²) < 4.78 is 12.8. The van der Waals surface area contributed by atoms with Crippen LogP contribution in [0.15, 0.2) is 86.8 Å². The predicted octanol–water partition coefficient (Wildman–Crippen LogP) is 5.72. The van der Waals surface area contributed by atoms with Crippen molar-refractivity contribution in [2.75, 3.05) is 7.11 Å². The molecule has 0 aliphatic rings. The van der Waals surface area contributed by atoms with Gasteiger partial charge in [-0.05, 0) is 37.3 Å². The van der Waals surface area contributed by atoms with Gasteiger partial charge in [0.25, 0.3) is 0 Å². The SMILES string of the molecule is COc1cccc(N=c2scc(-c3ccco3)n2N=Cc2c(C)[nH]c3ccccc23)c1. The topological polar surface area (TPSA) is 67.8 Å². The number of aromatic amines is 1. The minimum atomic E-state index is 0.730. The van der Waals surface area contributed by atoms with Crippen LogP contribution in [0.1, 0.15) is 11.3 Å². The largest absolute Gasteiger partial charge is 0.497 e. The Hall–Kier alpha value is -3.84. The van der Waals surface area contributed by atoms with Gasteiger partial charge in [0.15, 0.2) is 5.76 Å². The highest BCUT2D eigenvalue weighted by Gasteiger charge is 2.11. The van der Waals surface area contributed by atoms with Crippen molar-refractivity contribution in [2.45, 2.75) is 6.92 Å². The molecule has 2 aromatic carbocycles. The van der Waals surface area contributed by atoms with Crippen LogP contribution in [0.25, 0.3) is 22.4 Å². The Morgan fingerprint density at radius 3 is 2.84 bits per heavy atom. The van der Waals surface area contributed by atoms with E-state index in [1.165, 1.54) is 11.3 Å². The van der Waals surface area contributed by atoms with Gasteiger partial charge < -0.3 is 14.1 Å². The van der Waals surface area contributed by atoms with Crippen LogP contribution in [0.2, 0.25) is 0 Å². The summed E-state index contributed by atoms with van der Waals surface area (Å²) in [7, 11) is 1.65. The molecule has 7 heteroatoms. The van der Waals surface area contributed by atoms with Gasteiger partial charge in [0.2, 0.25) is 4.80 Å². The molecule has 0 bridgehead atoms. The van der Waals surface area contributed by atoms with Crippen molar-refractivity contribution in [2.24, 2.45) is 10.1 Å². The number of nitrogens with one attached hydrogen (secondary N) is 1. The lowest BCUT2D eigenvalue weighted by Crippen LogP contribution is -2.11. The lowest BCUT2D eigenvalue weighted by molar-refractivity contribution is 0.415. The van der Waals surface area contributed by atoms with Gasteiger partial charge in [-0.25, -0.2) is 9.67 Å². The number of hydrogen-bond donors (Lipinski definition) is 1. The zero-order chi connectivity index (χ0) is 21.2. The molecule has 5 aromatic rings. The third-order valence-electron chi connectivity index (χ3n) is 4.98. The molecule has 0 amide bonds. The van der Waals surface area contributed by atoms with Gasteiger partial charge in [0, 0.05) is 33.6 Å². The van der Waals surface area contributed by atoms with Crippen molar-refractivity contribution < 1.29 is 9.15 Å². The Labute approximate surface area is 182 Å². The van der Waals surface area contributed by atoms with Crippen molar-refractivity contribution in [3.63, 3.8) is 0 Å². The molecule has 0 unspecified atom stereocenters. The van der Waals surface area contributed by atoms with E-state index in [0.717, 1.165) is 49.9 Å². The fraction of sp³-hybridized carbons (Fsp3) is 0.0833. The maximum Gasteiger partial charge on any atom is 0.211 e. The molecule has 3 aromatic heterocycles. The molecule has 6 nitrogen and oxygen atoms in total. The molecule has 154 valence electrons. The number of rotatable bonds is 5. The average Bonchev–Trinajstić information content (AvgIpc) is 3.51. The van der Waals surface area contributed by atoms with Crippen molar-refractivity contribution in [3.05, 3.63) is 88.4 Å². The van der Waals surface area contributed by atoms with Crippen LogP contribution >= 0.6 is 11.3 Å². The Balaban J connectivity index is 1.65. The number of fused-ring (bicyclic) bond motifs is 1. The number of hydrogen-bond acceptors (Lipinski definition) is 5. The highest BCUT2D eigenvalue weighted by Crippen LogP contribution is 2.24. The van der Waals surface area contributed by atoms with Gasteiger partial charge in [-0.2, -0.15) is 5.10 Å². The maximum absolute atomic E-state index is 5.64. The Bertz CT molecular complexity index is 1440. The van der Waals surface area contributed by atoms with Crippen molar-refractivity contribution in [1.29, 1.82) is 0 Å². The number of benzene rings is 2. The van der Waals surface area contributed by atoms with Crippen LogP contribution in [0, 0.1) is 6.92 Å². The molecule has 0 saturated heterocycles. The smallest absolute Gasteiger partial charge is 0.211 e. The molecule has 0 fully saturated rings. The first-order valence-corrected chi connectivity index (χ1v) is 10.7. The number of thiazole rings is 1. The van der Waals surface area contributed by atoms with Crippen LogP contribution in [-0.2, 0) is 0 Å². The lowest BCUT2D eigenvalue weighted by atomic mass is 10.1. The highest BCUT2D eigenvalue weighted by molar-refractivity contribution is 7.07. The second kappa shape index (κ2) is 8.12. The highest BCUT2D eigenvalue weighted by atomic mass is 32.1. The van der Waals surface area contributed by atoms with Crippen LogP contribution in [0.3, 0.4) is 0 Å². The Morgan fingerprint density at radius 1 is 1.10 bits per heavy atom. The molecule has 0 aliphatic heterocycles. The summed E-state index contributed by atoms with van der Waals surface area (Å²) in [6.07, 6.45) is 3.53. The molecule has 31 heavy (non-hydrogen) atoms. The van der Waals surface area contributed by atoms with Crippen molar-refractivity contribution in [1.82, 2.24) is 9.66 Å². The molecule has 0 saturated carbocycles. The average molecular weight is 429 g/mol. The fourth-order valence-corrected chi connectivity index (χ4v) is 4.29. The molecule has 0 aliphatic carbocycles. The Morgan fingerprint density at radius 2 is 2.00 bits per heavy atom. The molecule has 3 heterocycles. The van der Waals surface area contributed by atoms with Gasteiger partial charge in [-0.1, -0.05) is 24.3 Å². The molecule has 0 spiro atoms. The van der Waals surface area contributed by atoms with E-state index in [4.69, 9.17) is 19.2 Å². The second-order valence-electron chi connectivity index (χ2n) is 6.96. The van der Waals surface area contributed by atoms with Gasteiger partial charge in [0.05, 0.1) is 25.3 Å². The zero-order valence-corrected chi connectivity index (χ0v) is 17.9. The van der Waals surface area contributed by atoms with E-state index in [2.05, 4.69) is 24.0 Å². The number of para-hydroxylation sites is 1. The zero-order valence-electron chi connectivity index (χ0n) is 17.1. The molecule has 0 radical (unpaired) electrons. The third-order valence-corrected chi connectivity index (χ3v) is 5.80. The quantitative estimate of drug-likeness (QED) is 0.364. The number of aryl methyl sites for hydroxylation is 1. The summed E-state index contributed by atoms with van der Waals surface area (Å²) >= 11 is 1.50. The van der Waals surface area contributed by atoms with E-state index in [9.17, 15) is 0 Å². The fourth-order valence-electron chi connectivity index (χ4n) is 3.45. The summed E-state index contributed by atoms with van der Waals surface area (Å²) in [6.45, 7) is 2.05. The number of aromatic nitrogens is 2. The summed E-state index contributed by atoms with van der Waals surface area (Å²) in [4.78, 5) is 8.95. The number of ether oxygens (including phenoxy) is 1. The number of methoxy groups -OCH3 is 1. The third kappa shape index (κ3) is 3.71. The van der Waals surface area contributed by atoms with Gasteiger partial charge in [0.1, 0.15) is 11.4 Å². The van der Waals surface area contributed by atoms with E-state index < -0.39 is 0 Å². The summed E-state index contributed by atoms with van der Waals surface area (Å²) in [6, 6.07) is 19.6. The predicted molar refractivity (Wildman–Crippen MR) is 124 cm³/mol. The van der Waals surface area contributed by atoms with Crippen LogP contribution in [0.4, 0.5) is 5.69 Å². The van der Waals surface area contributed by atoms with Crippen molar-refractivity contribution >= 4 is 34.1 Å². The van der Waals surface area contributed by atoms with Crippen LogP contribution in [-0.4, -0.2) is 23.0 Å². The molecule has 5 rings (SSSR count). The van der Waals surface area contributed by atoms with E-state index in [-0.39, 0.29) is 0 Å². The molecule has 1 N–H and O–H groups in total. The monoisotopic (exact) mass is 428 g/mol. The van der Waals surface area contributed by atoms with Crippen LogP contribution in [0.5, 0.6) is 5.75 Å². The van der Waals surface area contributed by atoms with Gasteiger partial charge in [-0.3, -0.25) is 0 Å². The summed E-state index contributed by atoms with van der Waals surface area (Å²) in [5.74, 6) is 1.49. The number of H-pyrrole nitrogens is 1. The summed E-state index contributed by atoms with van der Waals surface area (Å²) in [5, 5.41) is 7.94. The first kappa shape index (κ1) is 19.1. The summed E-state index contributed by atoms with van der Waals surface area (Å²) in [5.41, 5.74) is 4.83. The second-order valence-corrected chi connectivity index (χ2v) is 7.80. The van der Waals surface area contributed by atoms with Gasteiger partial charge in [-0.15, -0.1) is 11.3 Å². The lowest BCUT2D eigenvalue weighted by Gasteiger charge is -2.02. The molecule has 0 atom stereocenters. The van der Waals surface area contributed by atoms with E-state index in [1.54, 1.807) is 13.4 Å². The van der Waals surface area contributed by atoms with E-state index in [1.807, 2.05) is 64.8 Å². The number of nitrogens with zero attached hydrogens (tertiary/aromatic N) is 3. The number of furan rings is 1. The first-order chi connectivity index (χ1) is 15.2. The maximum atomic E-state index is 5.64. The molecular weight excluding hydrogens is 408 g/mol. The normalized spacial score (nSPS) is 12.3. The minimum Gasteiger partial charge on any atom is -0.497 e. The van der Waals surface area contributed by atoms with E-state index in [0.29, 0.717) is 0 Å². The first-order valence-electron chi connectivity index (χ1n) is 9.78. The molecular formula is C24H20N4O2S.